The highest BCUT2D eigenvalue weighted by Crippen LogP contribution is 2.02. The van der Waals surface area contributed by atoms with Gasteiger partial charge in [0, 0.05) is 6.42 Å². The Labute approximate surface area is 74.5 Å². The topological polar surface area (TPSA) is 69.1 Å². The van der Waals surface area contributed by atoms with Crippen molar-refractivity contribution in [2.24, 2.45) is 11.5 Å². The summed E-state index contributed by atoms with van der Waals surface area (Å²) in [5, 5.41) is 0. The first-order valence-corrected chi connectivity index (χ1v) is 4.70. The van der Waals surface area contributed by atoms with E-state index in [2.05, 4.69) is 0 Å². The molecule has 0 fully saturated rings. The Hall–Kier alpha value is -0.410. The summed E-state index contributed by atoms with van der Waals surface area (Å²) >= 11 is 0. The van der Waals surface area contributed by atoms with Crippen LogP contribution in [0.5, 0.6) is 0 Å². The van der Waals surface area contributed by atoms with E-state index in [1.165, 1.54) is 0 Å². The van der Waals surface area contributed by atoms with Crippen LogP contribution in [-0.2, 0) is 4.79 Å². The standard InChI is InChI=1S/C9H20N2O/c1-2-5-9(12)8(11)6-3-4-7-10/h8H,2-7,10-11H2,1H3. The summed E-state index contributed by atoms with van der Waals surface area (Å²) in [4.78, 5) is 11.2. The first-order chi connectivity index (χ1) is 5.72. The first kappa shape index (κ1) is 11.6. The lowest BCUT2D eigenvalue weighted by Gasteiger charge is -2.08. The minimum absolute atomic E-state index is 0.189. The number of nitrogens with two attached hydrogens (primary N) is 2. The third-order valence-corrected chi connectivity index (χ3v) is 1.88. The van der Waals surface area contributed by atoms with Crippen molar-refractivity contribution in [3.8, 4) is 0 Å². The number of rotatable bonds is 7. The van der Waals surface area contributed by atoms with Crippen LogP contribution >= 0.6 is 0 Å². The number of carbonyl (C=O) groups is 1. The summed E-state index contributed by atoms with van der Waals surface area (Å²) in [7, 11) is 0. The summed E-state index contributed by atoms with van der Waals surface area (Å²) in [6.45, 7) is 2.68. The van der Waals surface area contributed by atoms with E-state index in [-0.39, 0.29) is 11.8 Å². The van der Waals surface area contributed by atoms with E-state index in [1.54, 1.807) is 0 Å². The molecule has 3 heteroatoms. The Morgan fingerprint density at radius 2 is 2.08 bits per heavy atom. The van der Waals surface area contributed by atoms with E-state index in [0.717, 1.165) is 25.7 Å². The first-order valence-electron chi connectivity index (χ1n) is 4.70. The Bertz CT molecular complexity index is 126. The van der Waals surface area contributed by atoms with Crippen molar-refractivity contribution < 1.29 is 4.79 Å². The van der Waals surface area contributed by atoms with E-state index >= 15 is 0 Å². The number of ketones is 1. The van der Waals surface area contributed by atoms with Crippen molar-refractivity contribution in [2.45, 2.75) is 45.1 Å². The fourth-order valence-corrected chi connectivity index (χ4v) is 1.10. The predicted octanol–water partition coefficient (Wildman–Crippen LogP) is 0.812. The van der Waals surface area contributed by atoms with Crippen molar-refractivity contribution in [1.82, 2.24) is 0 Å². The van der Waals surface area contributed by atoms with Gasteiger partial charge in [0.15, 0.2) is 0 Å². The van der Waals surface area contributed by atoms with Gasteiger partial charge in [0.2, 0.25) is 0 Å². The fourth-order valence-electron chi connectivity index (χ4n) is 1.10. The second-order valence-electron chi connectivity index (χ2n) is 3.11. The molecule has 1 atom stereocenters. The van der Waals surface area contributed by atoms with Crippen LogP contribution in [0.25, 0.3) is 0 Å². The van der Waals surface area contributed by atoms with E-state index in [0.29, 0.717) is 13.0 Å². The lowest BCUT2D eigenvalue weighted by molar-refractivity contribution is -0.120. The molecule has 0 aromatic heterocycles. The van der Waals surface area contributed by atoms with Gasteiger partial charge in [-0.25, -0.2) is 0 Å². The largest absolute Gasteiger partial charge is 0.330 e. The van der Waals surface area contributed by atoms with Crippen LogP contribution in [0.3, 0.4) is 0 Å². The highest BCUT2D eigenvalue weighted by molar-refractivity contribution is 5.83. The quantitative estimate of drug-likeness (QED) is 0.558. The predicted molar refractivity (Wildman–Crippen MR) is 50.8 cm³/mol. The van der Waals surface area contributed by atoms with E-state index in [9.17, 15) is 4.79 Å². The number of hydrogen-bond acceptors (Lipinski definition) is 3. The molecule has 0 saturated heterocycles. The molecule has 0 heterocycles. The van der Waals surface area contributed by atoms with E-state index in [1.807, 2.05) is 6.92 Å². The summed E-state index contributed by atoms with van der Waals surface area (Å²) in [5.74, 6) is 0.189. The Morgan fingerprint density at radius 3 is 2.58 bits per heavy atom. The van der Waals surface area contributed by atoms with Crippen LogP contribution in [0.2, 0.25) is 0 Å². The zero-order chi connectivity index (χ0) is 9.40. The monoisotopic (exact) mass is 172 g/mol. The van der Waals surface area contributed by atoms with Crippen LogP contribution in [0.1, 0.15) is 39.0 Å². The van der Waals surface area contributed by atoms with Crippen LogP contribution < -0.4 is 11.5 Å². The maximum Gasteiger partial charge on any atom is 0.149 e. The fraction of sp³-hybridized carbons (Fsp3) is 0.889. The molecule has 0 saturated carbocycles. The highest BCUT2D eigenvalue weighted by Gasteiger charge is 2.10. The highest BCUT2D eigenvalue weighted by atomic mass is 16.1. The molecule has 0 bridgehead atoms. The van der Waals surface area contributed by atoms with Gasteiger partial charge in [-0.3, -0.25) is 4.79 Å². The molecule has 0 aromatic carbocycles. The van der Waals surface area contributed by atoms with Gasteiger partial charge in [0.05, 0.1) is 6.04 Å². The van der Waals surface area contributed by atoms with Gasteiger partial charge in [-0.05, 0) is 25.8 Å². The second-order valence-corrected chi connectivity index (χ2v) is 3.11. The molecular weight excluding hydrogens is 152 g/mol. The zero-order valence-corrected chi connectivity index (χ0v) is 7.88. The van der Waals surface area contributed by atoms with Crippen molar-refractivity contribution >= 4 is 5.78 Å². The molecule has 1 unspecified atom stereocenters. The number of unbranched alkanes of at least 4 members (excludes halogenated alkanes) is 1. The number of hydrogen-bond donors (Lipinski definition) is 2. The molecule has 0 rings (SSSR count). The third-order valence-electron chi connectivity index (χ3n) is 1.88. The van der Waals surface area contributed by atoms with Crippen molar-refractivity contribution in [1.29, 1.82) is 0 Å². The smallest absolute Gasteiger partial charge is 0.149 e. The summed E-state index contributed by atoms with van der Waals surface area (Å²) in [6, 6.07) is -0.253. The average molecular weight is 172 g/mol. The molecule has 4 N–H and O–H groups in total. The van der Waals surface area contributed by atoms with Gasteiger partial charge in [-0.1, -0.05) is 13.3 Å². The molecule has 0 spiro atoms. The Kier molecular flexibility index (Phi) is 7.00. The minimum atomic E-state index is -0.253. The van der Waals surface area contributed by atoms with Crippen molar-refractivity contribution in [3.05, 3.63) is 0 Å². The van der Waals surface area contributed by atoms with Crippen LogP contribution in [0.15, 0.2) is 0 Å². The van der Waals surface area contributed by atoms with Gasteiger partial charge in [0.25, 0.3) is 0 Å². The van der Waals surface area contributed by atoms with Gasteiger partial charge in [-0.15, -0.1) is 0 Å². The number of Topliss-reactive ketones (excluding diaryl/α,β-unsaturated/α-hetero) is 1. The van der Waals surface area contributed by atoms with E-state index < -0.39 is 0 Å². The molecule has 0 amide bonds. The maximum absolute atomic E-state index is 11.2. The second kappa shape index (κ2) is 7.25. The molecule has 0 aliphatic heterocycles. The van der Waals surface area contributed by atoms with Gasteiger partial charge < -0.3 is 11.5 Å². The molecule has 72 valence electrons. The summed E-state index contributed by atoms with van der Waals surface area (Å²) in [5.41, 5.74) is 11.0. The third kappa shape index (κ3) is 5.27. The number of carbonyl (C=O) groups excluding carboxylic acids is 1. The van der Waals surface area contributed by atoms with Crippen LogP contribution in [0.4, 0.5) is 0 Å². The zero-order valence-electron chi connectivity index (χ0n) is 7.88. The summed E-state index contributed by atoms with van der Waals surface area (Å²) < 4.78 is 0. The molecule has 12 heavy (non-hydrogen) atoms. The Morgan fingerprint density at radius 1 is 1.42 bits per heavy atom. The van der Waals surface area contributed by atoms with Crippen LogP contribution in [-0.4, -0.2) is 18.4 Å². The van der Waals surface area contributed by atoms with Crippen molar-refractivity contribution in [2.75, 3.05) is 6.54 Å². The minimum Gasteiger partial charge on any atom is -0.330 e. The molecular formula is C9H20N2O. The average Bonchev–Trinajstić information content (AvgIpc) is 2.05. The SMILES string of the molecule is CCCC(=O)C(N)CCCCN. The van der Waals surface area contributed by atoms with Gasteiger partial charge in [-0.2, -0.15) is 0 Å². The summed E-state index contributed by atoms with van der Waals surface area (Å²) in [6.07, 6.45) is 4.23. The maximum atomic E-state index is 11.2. The lowest BCUT2D eigenvalue weighted by atomic mass is 10.0. The Balaban J connectivity index is 3.42. The molecule has 3 nitrogen and oxygen atoms in total. The van der Waals surface area contributed by atoms with E-state index in [4.69, 9.17) is 11.5 Å². The van der Waals surface area contributed by atoms with Gasteiger partial charge in [0.1, 0.15) is 5.78 Å². The molecule has 0 aliphatic rings. The molecule has 0 radical (unpaired) electrons. The van der Waals surface area contributed by atoms with Crippen molar-refractivity contribution in [3.63, 3.8) is 0 Å². The van der Waals surface area contributed by atoms with Gasteiger partial charge >= 0.3 is 0 Å². The van der Waals surface area contributed by atoms with Crippen LogP contribution in [0, 0.1) is 0 Å². The normalized spacial score (nSPS) is 12.9. The molecule has 0 aliphatic carbocycles. The molecule has 0 aromatic rings. The lowest BCUT2D eigenvalue weighted by Crippen LogP contribution is -2.30.